The third-order valence-electron chi connectivity index (χ3n) is 2.42. The highest BCUT2D eigenvalue weighted by Gasteiger charge is 1.91. The van der Waals surface area contributed by atoms with Crippen LogP contribution in [0.2, 0.25) is 0 Å². The van der Waals surface area contributed by atoms with Crippen LogP contribution >= 0.6 is 0 Å². The molecule has 0 bridgehead atoms. The SMILES string of the molecule is C#CCCCCCCOCOCCCCC. The smallest absolute Gasteiger partial charge is 0.146 e. The first kappa shape index (κ1) is 15.5. The molecular weight excluding hydrogens is 200 g/mol. The van der Waals surface area contributed by atoms with Gasteiger partial charge in [0.25, 0.3) is 0 Å². The molecule has 0 amide bonds. The van der Waals surface area contributed by atoms with Gasteiger partial charge in [-0.2, -0.15) is 0 Å². The van der Waals surface area contributed by atoms with Crippen LogP contribution in [0.3, 0.4) is 0 Å². The van der Waals surface area contributed by atoms with E-state index in [1.54, 1.807) is 0 Å². The third kappa shape index (κ3) is 13.5. The minimum absolute atomic E-state index is 0.452. The lowest BCUT2D eigenvalue weighted by atomic mass is 10.1. The standard InChI is InChI=1S/C14H26O2/c1-3-5-7-8-9-11-13-16-14-15-12-10-6-4-2/h1H,4-14H2,2H3. The summed E-state index contributed by atoms with van der Waals surface area (Å²) in [4.78, 5) is 0. The normalized spacial score (nSPS) is 10.2. The van der Waals surface area contributed by atoms with Crippen molar-refractivity contribution >= 4 is 0 Å². The van der Waals surface area contributed by atoms with Crippen LogP contribution in [0.5, 0.6) is 0 Å². The second-order valence-electron chi connectivity index (χ2n) is 4.01. The molecule has 0 saturated heterocycles. The zero-order valence-corrected chi connectivity index (χ0v) is 10.7. The van der Waals surface area contributed by atoms with Crippen molar-refractivity contribution in [3.63, 3.8) is 0 Å². The molecule has 0 saturated carbocycles. The molecule has 2 nitrogen and oxygen atoms in total. The summed E-state index contributed by atoms with van der Waals surface area (Å²) in [5.74, 6) is 2.65. The minimum atomic E-state index is 0.452. The van der Waals surface area contributed by atoms with Crippen molar-refractivity contribution in [1.29, 1.82) is 0 Å². The molecule has 0 atom stereocenters. The van der Waals surface area contributed by atoms with Crippen molar-refractivity contribution < 1.29 is 9.47 Å². The van der Waals surface area contributed by atoms with Crippen molar-refractivity contribution in [2.75, 3.05) is 20.0 Å². The molecule has 0 radical (unpaired) electrons. The van der Waals surface area contributed by atoms with Crippen molar-refractivity contribution in [2.45, 2.75) is 58.3 Å². The fourth-order valence-electron chi connectivity index (χ4n) is 1.42. The Morgan fingerprint density at radius 2 is 1.50 bits per heavy atom. The average molecular weight is 226 g/mol. The van der Waals surface area contributed by atoms with Gasteiger partial charge in [0.05, 0.1) is 0 Å². The Morgan fingerprint density at radius 1 is 0.875 bits per heavy atom. The number of hydrogen-bond donors (Lipinski definition) is 0. The molecule has 0 rings (SSSR count). The molecule has 0 aromatic carbocycles. The molecule has 0 aliphatic rings. The van der Waals surface area contributed by atoms with Gasteiger partial charge in [-0.25, -0.2) is 0 Å². The van der Waals surface area contributed by atoms with E-state index in [0.29, 0.717) is 6.79 Å². The maximum absolute atomic E-state index is 5.36. The van der Waals surface area contributed by atoms with E-state index < -0.39 is 0 Å². The van der Waals surface area contributed by atoms with E-state index in [1.807, 2.05) is 0 Å². The molecule has 0 unspecified atom stereocenters. The van der Waals surface area contributed by atoms with Gasteiger partial charge < -0.3 is 9.47 Å². The van der Waals surface area contributed by atoms with Crippen molar-refractivity contribution in [1.82, 2.24) is 0 Å². The van der Waals surface area contributed by atoms with Crippen LogP contribution in [0, 0.1) is 12.3 Å². The number of ether oxygens (including phenoxy) is 2. The fraction of sp³-hybridized carbons (Fsp3) is 0.857. The number of hydrogen-bond acceptors (Lipinski definition) is 2. The predicted molar refractivity (Wildman–Crippen MR) is 68.2 cm³/mol. The Hall–Kier alpha value is -0.520. The van der Waals surface area contributed by atoms with Crippen LogP contribution in [-0.4, -0.2) is 20.0 Å². The lowest BCUT2D eigenvalue weighted by Gasteiger charge is -2.05. The molecule has 2 heteroatoms. The van der Waals surface area contributed by atoms with Crippen LogP contribution in [0.4, 0.5) is 0 Å². The number of terminal acetylenes is 1. The average Bonchev–Trinajstić information content (AvgIpc) is 2.31. The summed E-state index contributed by atoms with van der Waals surface area (Å²) in [6, 6.07) is 0. The van der Waals surface area contributed by atoms with E-state index in [1.165, 1.54) is 25.7 Å². The van der Waals surface area contributed by atoms with Crippen LogP contribution < -0.4 is 0 Å². The Bertz CT molecular complexity index is 161. The summed E-state index contributed by atoms with van der Waals surface area (Å²) in [6.07, 6.45) is 14.4. The van der Waals surface area contributed by atoms with E-state index in [2.05, 4.69) is 12.8 Å². The molecule has 0 spiro atoms. The molecule has 0 aliphatic carbocycles. The summed E-state index contributed by atoms with van der Waals surface area (Å²) in [5, 5.41) is 0. The minimum Gasteiger partial charge on any atom is -0.355 e. The van der Waals surface area contributed by atoms with E-state index >= 15 is 0 Å². The number of unbranched alkanes of at least 4 members (excludes halogenated alkanes) is 6. The molecule has 16 heavy (non-hydrogen) atoms. The van der Waals surface area contributed by atoms with Crippen LogP contribution in [-0.2, 0) is 9.47 Å². The number of rotatable bonds is 12. The molecule has 0 fully saturated rings. The fourth-order valence-corrected chi connectivity index (χ4v) is 1.42. The quantitative estimate of drug-likeness (QED) is 0.287. The monoisotopic (exact) mass is 226 g/mol. The topological polar surface area (TPSA) is 18.5 Å². The van der Waals surface area contributed by atoms with Crippen LogP contribution in [0.1, 0.15) is 58.3 Å². The zero-order chi connectivity index (χ0) is 11.9. The molecule has 0 heterocycles. The van der Waals surface area contributed by atoms with E-state index in [4.69, 9.17) is 15.9 Å². The summed E-state index contributed by atoms with van der Waals surface area (Å²) in [6.45, 7) is 4.28. The lowest BCUT2D eigenvalue weighted by molar-refractivity contribution is -0.0555. The molecule has 94 valence electrons. The van der Waals surface area contributed by atoms with Crippen LogP contribution in [0.25, 0.3) is 0 Å². The molecular formula is C14H26O2. The molecule has 0 aromatic heterocycles. The van der Waals surface area contributed by atoms with Gasteiger partial charge >= 0.3 is 0 Å². The first-order valence-corrected chi connectivity index (χ1v) is 6.50. The Morgan fingerprint density at radius 3 is 2.12 bits per heavy atom. The van der Waals surface area contributed by atoms with Gasteiger partial charge in [-0.1, -0.05) is 32.6 Å². The van der Waals surface area contributed by atoms with Gasteiger partial charge in [0.15, 0.2) is 0 Å². The van der Waals surface area contributed by atoms with Gasteiger partial charge in [-0.05, 0) is 19.3 Å². The van der Waals surface area contributed by atoms with Crippen molar-refractivity contribution in [2.24, 2.45) is 0 Å². The summed E-state index contributed by atoms with van der Waals surface area (Å²) in [7, 11) is 0. The molecule has 0 aliphatic heterocycles. The van der Waals surface area contributed by atoms with E-state index in [0.717, 1.165) is 38.9 Å². The maximum Gasteiger partial charge on any atom is 0.146 e. The van der Waals surface area contributed by atoms with Crippen molar-refractivity contribution in [3.8, 4) is 12.3 Å². The van der Waals surface area contributed by atoms with E-state index in [9.17, 15) is 0 Å². The lowest BCUT2D eigenvalue weighted by Crippen LogP contribution is -2.02. The highest BCUT2D eigenvalue weighted by Crippen LogP contribution is 2.02. The Balaban J connectivity index is 2.86. The third-order valence-corrected chi connectivity index (χ3v) is 2.42. The second kappa shape index (κ2) is 14.5. The second-order valence-corrected chi connectivity index (χ2v) is 4.01. The summed E-state index contributed by atoms with van der Waals surface area (Å²) in [5.41, 5.74) is 0. The van der Waals surface area contributed by atoms with Gasteiger partial charge in [-0.15, -0.1) is 12.3 Å². The highest BCUT2D eigenvalue weighted by molar-refractivity contribution is 4.82. The Kier molecular flexibility index (Phi) is 14.0. The van der Waals surface area contributed by atoms with Gasteiger partial charge in [0, 0.05) is 19.6 Å². The van der Waals surface area contributed by atoms with Gasteiger partial charge in [0.2, 0.25) is 0 Å². The first-order valence-electron chi connectivity index (χ1n) is 6.50. The Labute approximate surface area is 101 Å². The predicted octanol–water partition coefficient (Wildman–Crippen LogP) is 3.75. The highest BCUT2D eigenvalue weighted by atomic mass is 16.7. The maximum atomic E-state index is 5.36. The summed E-state index contributed by atoms with van der Waals surface area (Å²) >= 11 is 0. The van der Waals surface area contributed by atoms with Crippen LogP contribution in [0.15, 0.2) is 0 Å². The molecule has 0 aromatic rings. The summed E-state index contributed by atoms with van der Waals surface area (Å²) < 4.78 is 10.7. The zero-order valence-electron chi connectivity index (χ0n) is 10.7. The van der Waals surface area contributed by atoms with Gasteiger partial charge in [0.1, 0.15) is 6.79 Å². The van der Waals surface area contributed by atoms with Crippen molar-refractivity contribution in [3.05, 3.63) is 0 Å². The largest absolute Gasteiger partial charge is 0.355 e. The molecule has 0 N–H and O–H groups in total. The van der Waals surface area contributed by atoms with Gasteiger partial charge in [-0.3, -0.25) is 0 Å². The first-order chi connectivity index (χ1) is 7.91. The van der Waals surface area contributed by atoms with E-state index in [-0.39, 0.29) is 0 Å².